The average molecular weight is 243 g/mol. The lowest BCUT2D eigenvalue weighted by Gasteiger charge is -1.93. The Balaban J connectivity index is 2.52. The number of aromatic nitrogens is 2. The second kappa shape index (κ2) is 3.26. The maximum absolute atomic E-state index is 13.1. The highest BCUT2D eigenvalue weighted by Crippen LogP contribution is 2.21. The summed E-state index contributed by atoms with van der Waals surface area (Å²) in [7, 11) is 0. The number of hydrogen-bond donors (Lipinski definition) is 0. The molecule has 0 saturated carbocycles. The van der Waals surface area contributed by atoms with E-state index in [4.69, 9.17) is 4.52 Å². The maximum atomic E-state index is 13.1. The molecule has 0 N–H and O–H groups in total. The highest BCUT2D eigenvalue weighted by Gasteiger charge is 2.10. The Morgan fingerprint density at radius 3 is 2.69 bits per heavy atom. The van der Waals surface area contributed by atoms with Gasteiger partial charge in [0.1, 0.15) is 5.82 Å². The first-order valence-electron chi connectivity index (χ1n) is 3.51. The first kappa shape index (κ1) is 8.37. The van der Waals surface area contributed by atoms with Gasteiger partial charge in [-0.15, -0.1) is 0 Å². The van der Waals surface area contributed by atoms with E-state index in [9.17, 15) is 4.39 Å². The molecule has 0 aliphatic heterocycles. The fourth-order valence-electron chi connectivity index (χ4n) is 0.950. The third-order valence-corrected chi connectivity index (χ3v) is 1.83. The summed E-state index contributed by atoms with van der Waals surface area (Å²) in [6.45, 7) is 0. The van der Waals surface area contributed by atoms with E-state index >= 15 is 0 Å². The molecule has 0 aliphatic rings. The largest absolute Gasteiger partial charge is 0.333 e. The van der Waals surface area contributed by atoms with Crippen LogP contribution in [0.15, 0.2) is 33.5 Å². The van der Waals surface area contributed by atoms with Crippen molar-refractivity contribution in [2.75, 3.05) is 0 Å². The smallest absolute Gasteiger partial charge is 0.261 e. The van der Waals surface area contributed by atoms with Crippen molar-refractivity contribution in [1.82, 2.24) is 10.1 Å². The number of halogens is 2. The van der Waals surface area contributed by atoms with E-state index in [-0.39, 0.29) is 11.7 Å². The Morgan fingerprint density at radius 2 is 2.08 bits per heavy atom. The minimum atomic E-state index is -0.376. The molecule has 0 saturated heterocycles. The van der Waals surface area contributed by atoms with Crippen LogP contribution in [0.2, 0.25) is 0 Å². The number of rotatable bonds is 1. The van der Waals surface area contributed by atoms with E-state index in [1.165, 1.54) is 6.07 Å². The normalized spacial score (nSPS) is 10.3. The van der Waals surface area contributed by atoms with Gasteiger partial charge in [-0.2, -0.15) is 4.98 Å². The molecular weight excluding hydrogens is 239 g/mol. The first-order chi connectivity index (χ1) is 6.27. The van der Waals surface area contributed by atoms with Gasteiger partial charge in [0, 0.05) is 0 Å². The van der Waals surface area contributed by atoms with Crippen LogP contribution >= 0.6 is 15.9 Å². The molecule has 0 atom stereocenters. The molecule has 1 heterocycles. The Labute approximate surface area is 81.7 Å². The molecule has 66 valence electrons. The predicted molar refractivity (Wildman–Crippen MR) is 47.4 cm³/mol. The SMILES string of the molecule is Fc1ccccc1-c1nc(Br)no1. The maximum Gasteiger partial charge on any atom is 0.261 e. The summed E-state index contributed by atoms with van der Waals surface area (Å²) in [6.07, 6.45) is 0. The van der Waals surface area contributed by atoms with Gasteiger partial charge < -0.3 is 4.52 Å². The van der Waals surface area contributed by atoms with Gasteiger partial charge in [-0.05, 0) is 33.2 Å². The molecule has 0 fully saturated rings. The lowest BCUT2D eigenvalue weighted by atomic mass is 10.2. The number of hydrogen-bond acceptors (Lipinski definition) is 3. The van der Waals surface area contributed by atoms with Gasteiger partial charge in [0.2, 0.25) is 4.73 Å². The summed E-state index contributed by atoms with van der Waals surface area (Å²) in [5.74, 6) is -0.205. The fraction of sp³-hybridized carbons (Fsp3) is 0. The van der Waals surface area contributed by atoms with Crippen molar-refractivity contribution < 1.29 is 8.91 Å². The number of benzene rings is 1. The molecule has 0 amide bonds. The van der Waals surface area contributed by atoms with Crippen LogP contribution in [0, 0.1) is 5.82 Å². The van der Waals surface area contributed by atoms with Crippen LogP contribution in [0.1, 0.15) is 0 Å². The molecule has 13 heavy (non-hydrogen) atoms. The molecule has 2 aromatic rings. The Bertz CT molecular complexity index is 430. The molecule has 1 aromatic heterocycles. The van der Waals surface area contributed by atoms with E-state index in [2.05, 4.69) is 26.1 Å². The van der Waals surface area contributed by atoms with Gasteiger partial charge in [0.15, 0.2) is 0 Å². The van der Waals surface area contributed by atoms with Crippen molar-refractivity contribution in [3.05, 3.63) is 34.8 Å². The molecule has 0 aliphatic carbocycles. The van der Waals surface area contributed by atoms with Crippen molar-refractivity contribution in [1.29, 1.82) is 0 Å². The Kier molecular flexibility index (Phi) is 2.10. The van der Waals surface area contributed by atoms with Gasteiger partial charge in [0.25, 0.3) is 5.89 Å². The monoisotopic (exact) mass is 242 g/mol. The second-order valence-electron chi connectivity index (χ2n) is 2.35. The van der Waals surface area contributed by atoms with Gasteiger partial charge in [0.05, 0.1) is 5.56 Å². The highest BCUT2D eigenvalue weighted by atomic mass is 79.9. The number of nitrogens with zero attached hydrogens (tertiary/aromatic N) is 2. The van der Waals surface area contributed by atoms with E-state index in [1.807, 2.05) is 0 Å². The quantitative estimate of drug-likeness (QED) is 0.772. The van der Waals surface area contributed by atoms with Crippen molar-refractivity contribution in [3.63, 3.8) is 0 Å². The molecule has 0 radical (unpaired) electrons. The minimum Gasteiger partial charge on any atom is -0.333 e. The van der Waals surface area contributed by atoms with Crippen molar-refractivity contribution in [3.8, 4) is 11.5 Å². The van der Waals surface area contributed by atoms with E-state index in [1.54, 1.807) is 18.2 Å². The van der Waals surface area contributed by atoms with Gasteiger partial charge in [-0.25, -0.2) is 4.39 Å². The summed E-state index contributed by atoms with van der Waals surface area (Å²) in [6, 6.07) is 6.23. The van der Waals surface area contributed by atoms with E-state index in [0.29, 0.717) is 10.3 Å². The summed E-state index contributed by atoms with van der Waals surface area (Å²) in [5, 5.41) is 3.50. The fourth-order valence-corrected chi connectivity index (χ4v) is 1.18. The molecular formula is C8H4BrFN2O. The lowest BCUT2D eigenvalue weighted by Crippen LogP contribution is -1.82. The third-order valence-electron chi connectivity index (χ3n) is 1.51. The van der Waals surface area contributed by atoms with Gasteiger partial charge in [-0.1, -0.05) is 12.1 Å². The predicted octanol–water partition coefficient (Wildman–Crippen LogP) is 2.64. The first-order valence-corrected chi connectivity index (χ1v) is 4.31. The van der Waals surface area contributed by atoms with Crippen LogP contribution in [0.3, 0.4) is 0 Å². The van der Waals surface area contributed by atoms with Crippen LogP contribution < -0.4 is 0 Å². The summed E-state index contributed by atoms with van der Waals surface area (Å²) in [4.78, 5) is 3.84. The van der Waals surface area contributed by atoms with Crippen LogP contribution in [0.4, 0.5) is 4.39 Å². The van der Waals surface area contributed by atoms with Crippen LogP contribution in [0.5, 0.6) is 0 Å². The summed E-state index contributed by atoms with van der Waals surface area (Å²) >= 11 is 3.02. The topological polar surface area (TPSA) is 38.9 Å². The Morgan fingerprint density at radius 1 is 1.31 bits per heavy atom. The van der Waals surface area contributed by atoms with E-state index < -0.39 is 0 Å². The molecule has 0 spiro atoms. The Hall–Kier alpha value is -1.23. The van der Waals surface area contributed by atoms with Crippen LogP contribution in [-0.4, -0.2) is 10.1 Å². The van der Waals surface area contributed by atoms with Crippen molar-refractivity contribution in [2.24, 2.45) is 0 Å². The summed E-state index contributed by atoms with van der Waals surface area (Å²) in [5.41, 5.74) is 0.306. The van der Waals surface area contributed by atoms with Gasteiger partial charge in [-0.3, -0.25) is 0 Å². The average Bonchev–Trinajstić information content (AvgIpc) is 2.53. The van der Waals surface area contributed by atoms with Crippen molar-refractivity contribution >= 4 is 15.9 Å². The molecule has 1 aromatic carbocycles. The molecule has 3 nitrogen and oxygen atoms in total. The zero-order chi connectivity index (χ0) is 9.26. The van der Waals surface area contributed by atoms with Crippen LogP contribution in [-0.2, 0) is 0 Å². The zero-order valence-corrected chi connectivity index (χ0v) is 7.95. The van der Waals surface area contributed by atoms with Gasteiger partial charge >= 0.3 is 0 Å². The molecule has 0 unspecified atom stereocenters. The van der Waals surface area contributed by atoms with E-state index in [0.717, 1.165) is 0 Å². The summed E-state index contributed by atoms with van der Waals surface area (Å²) < 4.78 is 18.2. The standard InChI is InChI=1S/C8H4BrFN2O/c9-8-11-7(13-12-8)5-3-1-2-4-6(5)10/h1-4H. The van der Waals surface area contributed by atoms with Crippen molar-refractivity contribution in [2.45, 2.75) is 0 Å². The van der Waals surface area contributed by atoms with Crippen LogP contribution in [0.25, 0.3) is 11.5 Å². The molecule has 5 heteroatoms. The molecule has 0 bridgehead atoms. The lowest BCUT2D eigenvalue weighted by molar-refractivity contribution is 0.424. The minimum absolute atomic E-state index is 0.171. The highest BCUT2D eigenvalue weighted by molar-refractivity contribution is 9.10. The zero-order valence-electron chi connectivity index (χ0n) is 6.37. The molecule has 2 rings (SSSR count). The third kappa shape index (κ3) is 1.60. The second-order valence-corrected chi connectivity index (χ2v) is 3.06.